The van der Waals surface area contributed by atoms with Crippen molar-refractivity contribution < 1.29 is 13.9 Å². The van der Waals surface area contributed by atoms with E-state index >= 15 is 0 Å². The minimum atomic E-state index is -0.468. The molecule has 1 N–H and O–H groups in total. The van der Waals surface area contributed by atoms with Crippen LogP contribution in [0.15, 0.2) is 48.7 Å². The number of ether oxygens (including phenoxy) is 1. The van der Waals surface area contributed by atoms with E-state index in [-0.39, 0.29) is 17.7 Å². The molecule has 3 rings (SSSR count). The third kappa shape index (κ3) is 4.02. The number of rotatable bonds is 6. The molecule has 1 unspecified atom stereocenters. The van der Waals surface area contributed by atoms with E-state index in [1.807, 2.05) is 19.1 Å². The van der Waals surface area contributed by atoms with Gasteiger partial charge in [0, 0.05) is 5.02 Å². The van der Waals surface area contributed by atoms with Crippen molar-refractivity contribution >= 4 is 17.5 Å². The van der Waals surface area contributed by atoms with E-state index in [0.29, 0.717) is 22.6 Å². The Morgan fingerprint density at radius 2 is 2.11 bits per heavy atom. The summed E-state index contributed by atoms with van der Waals surface area (Å²) in [5.74, 6) is -0.573. The number of hydrogen-bond donors (Lipinski definition) is 1. The molecule has 28 heavy (non-hydrogen) atoms. The second-order valence-corrected chi connectivity index (χ2v) is 6.78. The standard InChI is InChI=1S/C21H21ClFN3O2/c1-4-19-17(12-24-26(19)16-7-5-6-15(22)11-16)21(27)25-13(2)14-8-9-20(28-3)18(23)10-14/h5-13H,4H2,1-3H3,(H,25,27). The Kier molecular flexibility index (Phi) is 5.99. The summed E-state index contributed by atoms with van der Waals surface area (Å²) in [4.78, 5) is 12.8. The summed E-state index contributed by atoms with van der Waals surface area (Å²) in [5.41, 5.74) is 2.68. The Morgan fingerprint density at radius 3 is 2.75 bits per heavy atom. The van der Waals surface area contributed by atoms with Gasteiger partial charge in [0.25, 0.3) is 5.91 Å². The number of aromatic nitrogens is 2. The molecular weight excluding hydrogens is 381 g/mol. The van der Waals surface area contributed by atoms with Gasteiger partial charge < -0.3 is 10.1 Å². The van der Waals surface area contributed by atoms with Gasteiger partial charge in [-0.1, -0.05) is 30.7 Å². The first kappa shape index (κ1) is 19.9. The van der Waals surface area contributed by atoms with Crippen LogP contribution in [0.1, 0.15) is 41.5 Å². The number of hydrogen-bond acceptors (Lipinski definition) is 3. The molecule has 0 aliphatic heterocycles. The minimum Gasteiger partial charge on any atom is -0.494 e. The molecule has 1 aromatic heterocycles. The van der Waals surface area contributed by atoms with E-state index in [1.165, 1.54) is 19.4 Å². The maximum absolute atomic E-state index is 14.0. The van der Waals surface area contributed by atoms with Crippen LogP contribution in [0.25, 0.3) is 5.69 Å². The van der Waals surface area contributed by atoms with Crippen LogP contribution in [-0.2, 0) is 6.42 Å². The van der Waals surface area contributed by atoms with Crippen molar-refractivity contribution in [2.75, 3.05) is 7.11 Å². The molecule has 3 aromatic rings. The zero-order chi connectivity index (χ0) is 20.3. The quantitative estimate of drug-likeness (QED) is 0.649. The van der Waals surface area contributed by atoms with Crippen LogP contribution in [-0.4, -0.2) is 22.8 Å². The zero-order valence-electron chi connectivity index (χ0n) is 15.9. The largest absolute Gasteiger partial charge is 0.494 e. The molecule has 1 amide bonds. The monoisotopic (exact) mass is 401 g/mol. The van der Waals surface area contributed by atoms with Crippen molar-refractivity contribution in [1.29, 1.82) is 0 Å². The van der Waals surface area contributed by atoms with Crippen LogP contribution < -0.4 is 10.1 Å². The molecule has 0 radical (unpaired) electrons. The van der Waals surface area contributed by atoms with Crippen LogP contribution in [0.4, 0.5) is 4.39 Å². The van der Waals surface area contributed by atoms with Crippen molar-refractivity contribution in [3.8, 4) is 11.4 Å². The van der Waals surface area contributed by atoms with E-state index in [4.69, 9.17) is 16.3 Å². The smallest absolute Gasteiger partial charge is 0.255 e. The van der Waals surface area contributed by atoms with Gasteiger partial charge in [-0.3, -0.25) is 4.79 Å². The number of nitrogens with zero attached hydrogens (tertiary/aromatic N) is 2. The molecular formula is C21H21ClFN3O2. The lowest BCUT2D eigenvalue weighted by atomic mass is 10.1. The lowest BCUT2D eigenvalue weighted by molar-refractivity contribution is 0.0939. The number of halogens is 2. The van der Waals surface area contributed by atoms with Gasteiger partial charge in [-0.2, -0.15) is 5.10 Å². The van der Waals surface area contributed by atoms with E-state index in [0.717, 1.165) is 11.4 Å². The van der Waals surface area contributed by atoms with Crippen LogP contribution in [0, 0.1) is 5.82 Å². The molecule has 0 saturated carbocycles. The van der Waals surface area contributed by atoms with Crippen molar-refractivity contribution in [1.82, 2.24) is 15.1 Å². The lowest BCUT2D eigenvalue weighted by Crippen LogP contribution is -2.27. The first-order valence-corrected chi connectivity index (χ1v) is 9.29. The van der Waals surface area contributed by atoms with Gasteiger partial charge in [0.2, 0.25) is 0 Å². The van der Waals surface area contributed by atoms with Crippen molar-refractivity contribution in [2.45, 2.75) is 26.3 Å². The first-order chi connectivity index (χ1) is 13.4. The summed E-state index contributed by atoms with van der Waals surface area (Å²) in [6.07, 6.45) is 2.15. The van der Waals surface area contributed by atoms with Crippen LogP contribution in [0.2, 0.25) is 5.02 Å². The van der Waals surface area contributed by atoms with E-state index in [9.17, 15) is 9.18 Å². The van der Waals surface area contributed by atoms with E-state index < -0.39 is 5.82 Å². The fourth-order valence-corrected chi connectivity index (χ4v) is 3.23. The molecule has 5 nitrogen and oxygen atoms in total. The molecule has 2 aromatic carbocycles. The summed E-state index contributed by atoms with van der Waals surface area (Å²) in [5, 5.41) is 7.85. The highest BCUT2D eigenvalue weighted by molar-refractivity contribution is 6.30. The summed E-state index contributed by atoms with van der Waals surface area (Å²) in [6, 6.07) is 11.5. The van der Waals surface area contributed by atoms with Crippen molar-refractivity contribution in [3.63, 3.8) is 0 Å². The normalized spacial score (nSPS) is 11.9. The Morgan fingerprint density at radius 1 is 1.32 bits per heavy atom. The van der Waals surface area contributed by atoms with Gasteiger partial charge in [-0.05, 0) is 49.2 Å². The SMILES string of the molecule is CCc1c(C(=O)NC(C)c2ccc(OC)c(F)c2)cnn1-c1cccc(Cl)c1. The van der Waals surface area contributed by atoms with E-state index in [1.54, 1.807) is 35.9 Å². The summed E-state index contributed by atoms with van der Waals surface area (Å²) < 4.78 is 20.6. The van der Waals surface area contributed by atoms with Gasteiger partial charge in [-0.15, -0.1) is 0 Å². The second-order valence-electron chi connectivity index (χ2n) is 6.34. The summed E-state index contributed by atoms with van der Waals surface area (Å²) in [7, 11) is 1.41. The molecule has 1 atom stereocenters. The zero-order valence-corrected chi connectivity index (χ0v) is 16.6. The molecule has 7 heteroatoms. The number of nitrogens with one attached hydrogen (secondary N) is 1. The topological polar surface area (TPSA) is 56.1 Å². The molecule has 0 saturated heterocycles. The molecule has 0 aliphatic carbocycles. The molecule has 0 spiro atoms. The Bertz CT molecular complexity index is 1000. The van der Waals surface area contributed by atoms with Crippen molar-refractivity contribution in [2.24, 2.45) is 0 Å². The Balaban J connectivity index is 1.84. The number of benzene rings is 2. The van der Waals surface area contributed by atoms with Crippen LogP contribution in [0.5, 0.6) is 5.75 Å². The number of methoxy groups -OCH3 is 1. The average molecular weight is 402 g/mol. The Labute approximate surface area is 168 Å². The van der Waals surface area contributed by atoms with Crippen molar-refractivity contribution in [3.05, 3.63) is 76.3 Å². The first-order valence-electron chi connectivity index (χ1n) is 8.91. The lowest BCUT2D eigenvalue weighted by Gasteiger charge is -2.15. The highest BCUT2D eigenvalue weighted by atomic mass is 35.5. The van der Waals surface area contributed by atoms with Gasteiger partial charge >= 0.3 is 0 Å². The van der Waals surface area contributed by atoms with Gasteiger partial charge in [0.15, 0.2) is 11.6 Å². The molecule has 0 bridgehead atoms. The predicted octanol–water partition coefficient (Wildman–Crippen LogP) is 4.73. The number of amides is 1. The average Bonchev–Trinajstić information content (AvgIpc) is 3.12. The highest BCUT2D eigenvalue weighted by Crippen LogP contribution is 2.23. The fourth-order valence-electron chi connectivity index (χ4n) is 3.04. The second kappa shape index (κ2) is 8.44. The van der Waals surface area contributed by atoms with Gasteiger partial charge in [-0.25, -0.2) is 9.07 Å². The van der Waals surface area contributed by atoms with Gasteiger partial charge in [0.1, 0.15) is 0 Å². The van der Waals surface area contributed by atoms with Crippen LogP contribution in [0.3, 0.4) is 0 Å². The number of carbonyl (C=O) groups excluding carboxylic acids is 1. The number of carbonyl (C=O) groups is 1. The van der Waals surface area contributed by atoms with Gasteiger partial charge in [0.05, 0.1) is 36.3 Å². The molecule has 146 valence electrons. The Hall–Kier alpha value is -2.86. The summed E-state index contributed by atoms with van der Waals surface area (Å²) >= 11 is 6.07. The maximum atomic E-state index is 14.0. The molecule has 0 aliphatic rings. The van der Waals surface area contributed by atoms with E-state index in [2.05, 4.69) is 10.4 Å². The van der Waals surface area contributed by atoms with Crippen LogP contribution >= 0.6 is 11.6 Å². The predicted molar refractivity (Wildman–Crippen MR) is 107 cm³/mol. The third-order valence-corrected chi connectivity index (χ3v) is 4.76. The molecule has 0 fully saturated rings. The fraction of sp³-hybridized carbons (Fsp3) is 0.238. The third-order valence-electron chi connectivity index (χ3n) is 4.52. The molecule has 1 heterocycles. The maximum Gasteiger partial charge on any atom is 0.255 e. The summed E-state index contributed by atoms with van der Waals surface area (Å²) in [6.45, 7) is 3.75. The minimum absolute atomic E-state index is 0.165. The highest BCUT2D eigenvalue weighted by Gasteiger charge is 2.20.